The summed E-state index contributed by atoms with van der Waals surface area (Å²) in [6.45, 7) is 3.96. The number of fused-ring (bicyclic) bond motifs is 1. The van der Waals surface area contributed by atoms with E-state index in [4.69, 9.17) is 19.5 Å². The van der Waals surface area contributed by atoms with Crippen molar-refractivity contribution in [2.24, 2.45) is 0 Å². The predicted octanol–water partition coefficient (Wildman–Crippen LogP) is 3.85. The number of esters is 1. The van der Waals surface area contributed by atoms with E-state index < -0.39 is 5.97 Å². The minimum Gasteiger partial charge on any atom is -0.487 e. The first-order valence-corrected chi connectivity index (χ1v) is 7.54. The molecule has 0 N–H and O–H groups in total. The number of rotatable bonds is 3. The van der Waals surface area contributed by atoms with E-state index in [1.807, 2.05) is 13.8 Å². The second kappa shape index (κ2) is 5.89. The average molecular weight is 323 g/mol. The SMILES string of the molecule is COC(=O)c1cc(Oc2ccc(C#N)cc2)c2c(c1)OC(C)(C)C2. The predicted molar refractivity (Wildman–Crippen MR) is 87.4 cm³/mol. The van der Waals surface area contributed by atoms with Gasteiger partial charge in [-0.15, -0.1) is 0 Å². The third kappa shape index (κ3) is 3.04. The fourth-order valence-corrected chi connectivity index (χ4v) is 2.70. The molecule has 122 valence electrons. The summed E-state index contributed by atoms with van der Waals surface area (Å²) in [6, 6.07) is 12.2. The van der Waals surface area contributed by atoms with Crippen LogP contribution in [0.3, 0.4) is 0 Å². The van der Waals surface area contributed by atoms with Crippen molar-refractivity contribution in [2.45, 2.75) is 25.9 Å². The summed E-state index contributed by atoms with van der Waals surface area (Å²) >= 11 is 0. The molecule has 3 rings (SSSR count). The molecule has 5 heteroatoms. The van der Waals surface area contributed by atoms with Crippen LogP contribution < -0.4 is 9.47 Å². The van der Waals surface area contributed by atoms with Crippen molar-refractivity contribution in [1.82, 2.24) is 0 Å². The van der Waals surface area contributed by atoms with E-state index in [1.165, 1.54) is 7.11 Å². The van der Waals surface area contributed by atoms with Crippen LogP contribution in [0.25, 0.3) is 0 Å². The first kappa shape index (κ1) is 15.9. The van der Waals surface area contributed by atoms with Crippen LogP contribution in [-0.4, -0.2) is 18.7 Å². The Morgan fingerprint density at radius 1 is 1.25 bits per heavy atom. The summed E-state index contributed by atoms with van der Waals surface area (Å²) in [7, 11) is 1.33. The van der Waals surface area contributed by atoms with Crippen molar-refractivity contribution >= 4 is 5.97 Å². The van der Waals surface area contributed by atoms with Gasteiger partial charge in [-0.1, -0.05) is 0 Å². The monoisotopic (exact) mass is 323 g/mol. The molecule has 0 fully saturated rings. The van der Waals surface area contributed by atoms with E-state index >= 15 is 0 Å². The van der Waals surface area contributed by atoms with Crippen molar-refractivity contribution in [2.75, 3.05) is 7.11 Å². The first-order valence-electron chi connectivity index (χ1n) is 7.54. The van der Waals surface area contributed by atoms with Gasteiger partial charge < -0.3 is 14.2 Å². The molecule has 2 aromatic carbocycles. The van der Waals surface area contributed by atoms with E-state index in [2.05, 4.69) is 6.07 Å². The second-order valence-corrected chi connectivity index (χ2v) is 6.22. The summed E-state index contributed by atoms with van der Waals surface area (Å²) in [4.78, 5) is 11.9. The molecule has 1 aliphatic heterocycles. The fourth-order valence-electron chi connectivity index (χ4n) is 2.70. The Balaban J connectivity index is 2.01. The van der Waals surface area contributed by atoms with Crippen LogP contribution in [0.4, 0.5) is 0 Å². The minimum absolute atomic E-state index is 0.361. The van der Waals surface area contributed by atoms with Crippen LogP contribution in [0.15, 0.2) is 36.4 Å². The van der Waals surface area contributed by atoms with Gasteiger partial charge in [0.1, 0.15) is 22.8 Å². The lowest BCUT2D eigenvalue weighted by atomic mass is 10.00. The van der Waals surface area contributed by atoms with E-state index in [0.29, 0.717) is 34.8 Å². The Kier molecular flexibility index (Phi) is 3.90. The highest BCUT2D eigenvalue weighted by atomic mass is 16.5. The molecule has 0 saturated carbocycles. The number of hydrogen-bond donors (Lipinski definition) is 0. The molecule has 24 heavy (non-hydrogen) atoms. The Morgan fingerprint density at radius 2 is 1.96 bits per heavy atom. The van der Waals surface area contributed by atoms with Crippen LogP contribution in [-0.2, 0) is 11.2 Å². The maximum atomic E-state index is 11.9. The molecular weight excluding hydrogens is 306 g/mol. The number of carbonyl (C=O) groups is 1. The topological polar surface area (TPSA) is 68.5 Å². The number of nitriles is 1. The lowest BCUT2D eigenvalue weighted by molar-refractivity contribution is 0.0599. The van der Waals surface area contributed by atoms with Crippen molar-refractivity contribution in [3.63, 3.8) is 0 Å². The summed E-state index contributed by atoms with van der Waals surface area (Å²) in [6.07, 6.45) is 0.676. The number of carbonyl (C=O) groups excluding carboxylic acids is 1. The van der Waals surface area contributed by atoms with E-state index in [1.54, 1.807) is 36.4 Å². The largest absolute Gasteiger partial charge is 0.487 e. The third-order valence-corrected chi connectivity index (χ3v) is 3.79. The average Bonchev–Trinajstić information content (AvgIpc) is 2.89. The van der Waals surface area contributed by atoms with Gasteiger partial charge in [-0.05, 0) is 50.2 Å². The highest BCUT2D eigenvalue weighted by Gasteiger charge is 2.34. The zero-order chi connectivity index (χ0) is 17.3. The first-order chi connectivity index (χ1) is 11.4. The number of ether oxygens (including phenoxy) is 3. The van der Waals surface area contributed by atoms with Crippen LogP contribution in [0, 0.1) is 11.3 Å². The highest BCUT2D eigenvalue weighted by Crippen LogP contribution is 2.43. The van der Waals surface area contributed by atoms with Crippen LogP contribution in [0.5, 0.6) is 17.2 Å². The van der Waals surface area contributed by atoms with E-state index in [9.17, 15) is 4.79 Å². The molecule has 0 radical (unpaired) electrons. The molecule has 1 heterocycles. The zero-order valence-corrected chi connectivity index (χ0v) is 13.8. The third-order valence-electron chi connectivity index (χ3n) is 3.79. The molecule has 0 bridgehead atoms. The smallest absolute Gasteiger partial charge is 0.338 e. The van der Waals surface area contributed by atoms with Gasteiger partial charge in [-0.25, -0.2) is 4.79 Å². The quantitative estimate of drug-likeness (QED) is 0.803. The maximum absolute atomic E-state index is 11.9. The van der Waals surface area contributed by atoms with Crippen molar-refractivity contribution in [3.8, 4) is 23.3 Å². The summed E-state index contributed by atoms with van der Waals surface area (Å²) in [5.74, 6) is 1.33. The Labute approximate surface area is 140 Å². The molecule has 2 aromatic rings. The molecular formula is C19H17NO4. The zero-order valence-electron chi connectivity index (χ0n) is 13.8. The van der Waals surface area contributed by atoms with Gasteiger partial charge in [0, 0.05) is 12.0 Å². The van der Waals surface area contributed by atoms with Crippen molar-refractivity contribution < 1.29 is 19.0 Å². The van der Waals surface area contributed by atoms with Crippen molar-refractivity contribution in [3.05, 3.63) is 53.1 Å². The number of benzene rings is 2. The summed E-state index contributed by atoms with van der Waals surface area (Å²) < 4.78 is 16.7. The highest BCUT2D eigenvalue weighted by molar-refractivity contribution is 5.91. The molecule has 0 amide bonds. The van der Waals surface area contributed by atoms with Gasteiger partial charge >= 0.3 is 5.97 Å². The molecule has 0 saturated heterocycles. The lowest BCUT2D eigenvalue weighted by Gasteiger charge is -2.16. The van der Waals surface area contributed by atoms with Gasteiger partial charge in [0.15, 0.2) is 0 Å². The molecule has 5 nitrogen and oxygen atoms in total. The lowest BCUT2D eigenvalue weighted by Crippen LogP contribution is -2.24. The summed E-state index contributed by atoms with van der Waals surface area (Å²) in [5.41, 5.74) is 1.48. The Hall–Kier alpha value is -3.00. The number of nitrogens with zero attached hydrogens (tertiary/aromatic N) is 1. The molecule has 0 unspecified atom stereocenters. The molecule has 0 aliphatic carbocycles. The van der Waals surface area contributed by atoms with E-state index in [0.717, 1.165) is 5.56 Å². The van der Waals surface area contributed by atoms with E-state index in [-0.39, 0.29) is 5.60 Å². The van der Waals surface area contributed by atoms with Crippen LogP contribution in [0.2, 0.25) is 0 Å². The molecule has 0 spiro atoms. The minimum atomic E-state index is -0.448. The number of methoxy groups -OCH3 is 1. The molecule has 1 aliphatic rings. The normalized spacial score (nSPS) is 14.2. The van der Waals surface area contributed by atoms with Gasteiger partial charge in [0.2, 0.25) is 0 Å². The van der Waals surface area contributed by atoms with Crippen molar-refractivity contribution in [1.29, 1.82) is 5.26 Å². The van der Waals surface area contributed by atoms with Crippen LogP contribution >= 0.6 is 0 Å². The fraction of sp³-hybridized carbons (Fsp3) is 0.263. The maximum Gasteiger partial charge on any atom is 0.338 e. The standard InChI is InChI=1S/C19H17NO4/c1-19(2)10-15-16(23-14-6-4-12(11-20)5-7-14)8-13(18(21)22-3)9-17(15)24-19/h4-9H,10H2,1-3H3. The van der Waals surface area contributed by atoms with Crippen LogP contribution in [0.1, 0.15) is 35.3 Å². The summed E-state index contributed by atoms with van der Waals surface area (Å²) in [5, 5.41) is 8.87. The molecule has 0 atom stereocenters. The number of hydrogen-bond acceptors (Lipinski definition) is 5. The van der Waals surface area contributed by atoms with Gasteiger partial charge in [0.25, 0.3) is 0 Å². The van der Waals surface area contributed by atoms with Gasteiger partial charge in [-0.2, -0.15) is 5.26 Å². The van der Waals surface area contributed by atoms with Gasteiger partial charge in [0.05, 0.1) is 24.3 Å². The molecule has 0 aromatic heterocycles. The second-order valence-electron chi connectivity index (χ2n) is 6.22. The Bertz CT molecular complexity index is 832. The Morgan fingerprint density at radius 3 is 2.58 bits per heavy atom. The van der Waals surface area contributed by atoms with Gasteiger partial charge in [-0.3, -0.25) is 0 Å².